The maximum atomic E-state index is 12.1. The topological polar surface area (TPSA) is 85.2 Å². The molecule has 0 atom stereocenters. The number of hydrogen-bond acceptors (Lipinski definition) is 6. The van der Waals surface area contributed by atoms with Gasteiger partial charge in [-0.05, 0) is 30.7 Å². The van der Waals surface area contributed by atoms with Crippen molar-refractivity contribution in [2.75, 3.05) is 7.05 Å². The van der Waals surface area contributed by atoms with Crippen molar-refractivity contribution in [3.8, 4) is 0 Å². The monoisotopic (exact) mass is 292 g/mol. The van der Waals surface area contributed by atoms with Crippen LogP contribution in [0.25, 0.3) is 0 Å². The Bertz CT molecular complexity index is 604. The summed E-state index contributed by atoms with van der Waals surface area (Å²) in [7, 11) is 1.72. The van der Waals surface area contributed by atoms with Crippen LogP contribution in [-0.2, 0) is 12.1 Å². The normalized spacial score (nSPS) is 16.7. The summed E-state index contributed by atoms with van der Waals surface area (Å²) in [4.78, 5) is 18.7. The van der Waals surface area contributed by atoms with E-state index in [1.807, 2.05) is 11.4 Å². The molecule has 106 valence electrons. The number of thiophene rings is 1. The van der Waals surface area contributed by atoms with Crippen LogP contribution in [0, 0.1) is 0 Å². The van der Waals surface area contributed by atoms with Crippen LogP contribution in [0.2, 0.25) is 0 Å². The zero-order valence-electron chi connectivity index (χ0n) is 11.2. The zero-order valence-corrected chi connectivity index (χ0v) is 12.0. The fraction of sp³-hybridized carbons (Fsp3) is 0.462. The standard InChI is InChI=1S/C13H16N4O2S/c1-17(11(18)9-4-2-7-20-9)8-10-15-12(16-19-10)13(14)5-3-6-13/h2,4,7H,3,5-6,8,14H2,1H3. The van der Waals surface area contributed by atoms with Crippen LogP contribution in [0.3, 0.4) is 0 Å². The van der Waals surface area contributed by atoms with Crippen LogP contribution in [0.5, 0.6) is 0 Å². The molecule has 1 fully saturated rings. The molecular formula is C13H16N4O2S. The number of nitrogens with two attached hydrogens (primary N) is 1. The number of rotatable bonds is 4. The lowest BCUT2D eigenvalue weighted by Gasteiger charge is -2.34. The first-order valence-electron chi connectivity index (χ1n) is 6.49. The fourth-order valence-corrected chi connectivity index (χ4v) is 2.88. The van der Waals surface area contributed by atoms with Gasteiger partial charge in [0.15, 0.2) is 5.82 Å². The van der Waals surface area contributed by atoms with Crippen LogP contribution < -0.4 is 5.73 Å². The van der Waals surface area contributed by atoms with E-state index >= 15 is 0 Å². The molecule has 2 aromatic heterocycles. The highest BCUT2D eigenvalue weighted by Crippen LogP contribution is 2.36. The summed E-state index contributed by atoms with van der Waals surface area (Å²) in [5.41, 5.74) is 5.71. The van der Waals surface area contributed by atoms with Gasteiger partial charge in [-0.1, -0.05) is 11.2 Å². The maximum Gasteiger partial charge on any atom is 0.264 e. The Labute approximate surface area is 120 Å². The fourth-order valence-electron chi connectivity index (χ4n) is 2.17. The molecule has 2 N–H and O–H groups in total. The SMILES string of the molecule is CN(Cc1nc(C2(N)CCC2)no1)C(=O)c1cccs1. The molecule has 1 aliphatic rings. The van der Waals surface area contributed by atoms with Crippen molar-refractivity contribution in [2.24, 2.45) is 5.73 Å². The van der Waals surface area contributed by atoms with Crippen molar-refractivity contribution in [3.05, 3.63) is 34.1 Å². The van der Waals surface area contributed by atoms with Crippen molar-refractivity contribution in [3.63, 3.8) is 0 Å². The molecule has 1 aliphatic carbocycles. The third-order valence-corrected chi connectivity index (χ3v) is 4.47. The summed E-state index contributed by atoms with van der Waals surface area (Å²) in [6, 6.07) is 3.65. The summed E-state index contributed by atoms with van der Waals surface area (Å²) in [6.45, 7) is 0.291. The van der Waals surface area contributed by atoms with Gasteiger partial charge in [0.2, 0.25) is 5.89 Å². The Morgan fingerprint density at radius 2 is 2.40 bits per heavy atom. The van der Waals surface area contributed by atoms with Crippen LogP contribution in [0.1, 0.15) is 40.6 Å². The summed E-state index contributed by atoms with van der Waals surface area (Å²) in [5, 5.41) is 5.81. The van der Waals surface area contributed by atoms with E-state index in [4.69, 9.17) is 10.3 Å². The summed E-state index contributed by atoms with van der Waals surface area (Å²) < 4.78 is 5.19. The Kier molecular flexibility index (Phi) is 3.31. The highest BCUT2D eigenvalue weighted by atomic mass is 32.1. The molecular weight excluding hydrogens is 276 g/mol. The van der Waals surface area contributed by atoms with Gasteiger partial charge in [0, 0.05) is 7.05 Å². The first kappa shape index (κ1) is 13.3. The molecule has 0 bridgehead atoms. The van der Waals surface area contributed by atoms with E-state index in [9.17, 15) is 4.79 Å². The Morgan fingerprint density at radius 1 is 1.60 bits per heavy atom. The molecule has 6 nitrogen and oxygen atoms in total. The van der Waals surface area contributed by atoms with E-state index in [1.54, 1.807) is 18.0 Å². The van der Waals surface area contributed by atoms with Gasteiger partial charge in [-0.2, -0.15) is 4.98 Å². The number of aromatic nitrogens is 2. The van der Waals surface area contributed by atoms with Crippen LogP contribution in [0.15, 0.2) is 22.0 Å². The van der Waals surface area contributed by atoms with Gasteiger partial charge in [-0.25, -0.2) is 0 Å². The number of amides is 1. The van der Waals surface area contributed by atoms with Crippen LogP contribution >= 0.6 is 11.3 Å². The Morgan fingerprint density at radius 3 is 3.00 bits per heavy atom. The molecule has 3 rings (SSSR count). The molecule has 0 spiro atoms. The number of nitrogens with zero attached hydrogens (tertiary/aromatic N) is 3. The molecule has 1 amide bonds. The second-order valence-electron chi connectivity index (χ2n) is 5.16. The van der Waals surface area contributed by atoms with Crippen molar-refractivity contribution >= 4 is 17.2 Å². The third-order valence-electron chi connectivity index (χ3n) is 3.61. The molecule has 2 aromatic rings. The second-order valence-corrected chi connectivity index (χ2v) is 6.11. The predicted octanol–water partition coefficient (Wildman–Crippen LogP) is 1.74. The van der Waals surface area contributed by atoms with Crippen molar-refractivity contribution in [1.82, 2.24) is 15.0 Å². The molecule has 7 heteroatoms. The molecule has 0 aliphatic heterocycles. The molecule has 0 saturated heterocycles. The maximum absolute atomic E-state index is 12.1. The molecule has 0 radical (unpaired) electrons. The first-order chi connectivity index (χ1) is 9.58. The largest absolute Gasteiger partial charge is 0.337 e. The van der Waals surface area contributed by atoms with Crippen molar-refractivity contribution in [1.29, 1.82) is 0 Å². The Balaban J connectivity index is 1.67. The third kappa shape index (κ3) is 2.34. The lowest BCUT2D eigenvalue weighted by molar-refractivity contribution is 0.0774. The highest BCUT2D eigenvalue weighted by molar-refractivity contribution is 7.12. The summed E-state index contributed by atoms with van der Waals surface area (Å²) >= 11 is 1.41. The average molecular weight is 292 g/mol. The minimum atomic E-state index is -0.432. The van der Waals surface area contributed by atoms with Gasteiger partial charge in [-0.3, -0.25) is 4.79 Å². The van der Waals surface area contributed by atoms with Crippen molar-refractivity contribution < 1.29 is 9.32 Å². The first-order valence-corrected chi connectivity index (χ1v) is 7.37. The molecule has 0 unspecified atom stereocenters. The number of carbonyl (C=O) groups excluding carboxylic acids is 1. The summed E-state index contributed by atoms with van der Waals surface area (Å²) in [6.07, 6.45) is 2.86. The molecule has 1 saturated carbocycles. The second kappa shape index (κ2) is 4.99. The van der Waals surface area contributed by atoms with E-state index in [-0.39, 0.29) is 5.91 Å². The van der Waals surface area contributed by atoms with E-state index in [0.717, 1.165) is 19.3 Å². The lowest BCUT2D eigenvalue weighted by Crippen LogP contribution is -2.44. The quantitative estimate of drug-likeness (QED) is 0.927. The lowest BCUT2D eigenvalue weighted by atomic mass is 9.77. The van der Waals surface area contributed by atoms with Gasteiger partial charge < -0.3 is 15.2 Å². The predicted molar refractivity (Wildman–Crippen MR) is 74.1 cm³/mol. The van der Waals surface area contributed by atoms with E-state index in [1.165, 1.54) is 11.3 Å². The van der Waals surface area contributed by atoms with E-state index in [2.05, 4.69) is 10.1 Å². The van der Waals surface area contributed by atoms with Gasteiger partial charge in [0.1, 0.15) is 6.54 Å². The van der Waals surface area contributed by atoms with E-state index < -0.39 is 5.54 Å². The van der Waals surface area contributed by atoms with Gasteiger partial charge in [0.05, 0.1) is 10.4 Å². The summed E-state index contributed by atoms with van der Waals surface area (Å²) in [5.74, 6) is 0.922. The van der Waals surface area contributed by atoms with Crippen LogP contribution in [-0.4, -0.2) is 28.0 Å². The number of carbonyl (C=O) groups is 1. The molecule has 20 heavy (non-hydrogen) atoms. The Hall–Kier alpha value is -1.73. The molecule has 2 heterocycles. The van der Waals surface area contributed by atoms with Crippen molar-refractivity contribution in [2.45, 2.75) is 31.3 Å². The van der Waals surface area contributed by atoms with Gasteiger partial charge in [0.25, 0.3) is 5.91 Å². The zero-order chi connectivity index (χ0) is 14.2. The average Bonchev–Trinajstić information content (AvgIpc) is 3.06. The minimum absolute atomic E-state index is 0.0501. The van der Waals surface area contributed by atoms with Gasteiger partial charge in [-0.15, -0.1) is 11.3 Å². The highest BCUT2D eigenvalue weighted by Gasteiger charge is 2.39. The molecule has 0 aromatic carbocycles. The van der Waals surface area contributed by atoms with Gasteiger partial charge >= 0.3 is 0 Å². The smallest absolute Gasteiger partial charge is 0.264 e. The minimum Gasteiger partial charge on any atom is -0.337 e. The number of hydrogen-bond donors (Lipinski definition) is 1. The van der Waals surface area contributed by atoms with Crippen LogP contribution in [0.4, 0.5) is 0 Å². The van der Waals surface area contributed by atoms with E-state index in [0.29, 0.717) is 23.1 Å².